The minimum Gasteiger partial charge on any atom is -0.435 e. The highest BCUT2D eigenvalue weighted by Gasteiger charge is 2.06. The summed E-state index contributed by atoms with van der Waals surface area (Å²) in [4.78, 5) is 8.41. The van der Waals surface area contributed by atoms with Crippen LogP contribution >= 0.6 is 0 Å². The molecular weight excluding hydrogens is 290 g/mol. The second-order valence-corrected chi connectivity index (χ2v) is 4.69. The molecule has 2 aromatic rings. The fraction of sp³-hybridized carbons (Fsp3) is 0.267. The van der Waals surface area contributed by atoms with Crippen LogP contribution < -0.4 is 10.2 Å². The standard InChI is InChI=1S/C15H16F2N4O/c1-9-7-10(2)19-15(18-9)21-20-11(3)12-5-4-6-13(8-12)22-14(16)17/h4-8,14H,1-3H3,(H,18,19,21). The Kier molecular flexibility index (Phi) is 4.98. The van der Waals surface area contributed by atoms with Gasteiger partial charge in [0.05, 0.1) is 5.71 Å². The van der Waals surface area contributed by atoms with Crippen LogP contribution in [-0.2, 0) is 0 Å². The topological polar surface area (TPSA) is 59.4 Å². The van der Waals surface area contributed by atoms with Crippen LogP contribution in [0, 0.1) is 13.8 Å². The van der Waals surface area contributed by atoms with Crippen LogP contribution in [0.4, 0.5) is 14.7 Å². The summed E-state index contributed by atoms with van der Waals surface area (Å²) in [5.74, 6) is 0.474. The van der Waals surface area contributed by atoms with Crippen LogP contribution in [0.5, 0.6) is 5.75 Å². The molecule has 1 N–H and O–H groups in total. The summed E-state index contributed by atoms with van der Waals surface area (Å²) in [6.07, 6.45) is 0. The van der Waals surface area contributed by atoms with Crippen molar-refractivity contribution in [2.45, 2.75) is 27.4 Å². The smallest absolute Gasteiger partial charge is 0.387 e. The number of benzene rings is 1. The average Bonchev–Trinajstić information content (AvgIpc) is 2.43. The molecule has 0 aliphatic rings. The van der Waals surface area contributed by atoms with Crippen LogP contribution in [-0.4, -0.2) is 22.3 Å². The molecule has 0 atom stereocenters. The van der Waals surface area contributed by atoms with Crippen LogP contribution in [0.1, 0.15) is 23.9 Å². The van der Waals surface area contributed by atoms with Gasteiger partial charge in [0.15, 0.2) is 0 Å². The van der Waals surface area contributed by atoms with E-state index in [1.54, 1.807) is 19.1 Å². The number of anilines is 1. The van der Waals surface area contributed by atoms with Gasteiger partial charge in [0.25, 0.3) is 0 Å². The molecule has 22 heavy (non-hydrogen) atoms. The number of nitrogens with zero attached hydrogens (tertiary/aromatic N) is 3. The molecule has 0 spiro atoms. The van der Waals surface area contributed by atoms with Crippen LogP contribution in [0.15, 0.2) is 35.4 Å². The molecule has 0 aliphatic carbocycles. The van der Waals surface area contributed by atoms with Crippen LogP contribution in [0.25, 0.3) is 0 Å². The highest BCUT2D eigenvalue weighted by atomic mass is 19.3. The summed E-state index contributed by atoms with van der Waals surface area (Å²) in [5, 5.41) is 4.17. The summed E-state index contributed by atoms with van der Waals surface area (Å²) in [6, 6.07) is 8.19. The third-order valence-corrected chi connectivity index (χ3v) is 2.78. The molecule has 1 aromatic heterocycles. The lowest BCUT2D eigenvalue weighted by Crippen LogP contribution is -2.05. The number of aromatic nitrogens is 2. The van der Waals surface area contributed by atoms with E-state index in [4.69, 9.17) is 0 Å². The zero-order chi connectivity index (χ0) is 16.1. The highest BCUT2D eigenvalue weighted by molar-refractivity contribution is 5.99. The van der Waals surface area contributed by atoms with E-state index >= 15 is 0 Å². The molecule has 0 saturated carbocycles. The van der Waals surface area contributed by atoms with Gasteiger partial charge < -0.3 is 4.74 Å². The minimum atomic E-state index is -2.85. The summed E-state index contributed by atoms with van der Waals surface area (Å²) in [5.41, 5.74) is 5.68. The molecule has 0 saturated heterocycles. The van der Waals surface area contributed by atoms with E-state index in [2.05, 4.69) is 25.2 Å². The Balaban J connectivity index is 2.14. The number of alkyl halides is 2. The van der Waals surface area contributed by atoms with Crippen molar-refractivity contribution >= 4 is 11.7 Å². The summed E-state index contributed by atoms with van der Waals surface area (Å²) >= 11 is 0. The highest BCUT2D eigenvalue weighted by Crippen LogP contribution is 2.16. The molecule has 2 rings (SSSR count). The number of halogens is 2. The Hall–Kier alpha value is -2.57. The number of aryl methyl sites for hydroxylation is 2. The lowest BCUT2D eigenvalue weighted by molar-refractivity contribution is -0.0498. The monoisotopic (exact) mass is 306 g/mol. The molecule has 0 aliphatic heterocycles. The van der Waals surface area contributed by atoms with E-state index in [9.17, 15) is 8.78 Å². The molecule has 0 bridgehead atoms. The van der Waals surface area contributed by atoms with Gasteiger partial charge in [-0.2, -0.15) is 13.9 Å². The van der Waals surface area contributed by atoms with E-state index in [-0.39, 0.29) is 5.75 Å². The number of ether oxygens (including phenoxy) is 1. The maximum atomic E-state index is 12.2. The Morgan fingerprint density at radius 3 is 2.50 bits per heavy atom. The second kappa shape index (κ2) is 6.93. The Morgan fingerprint density at radius 1 is 1.18 bits per heavy atom. The van der Waals surface area contributed by atoms with Crippen LogP contribution in [0.2, 0.25) is 0 Å². The summed E-state index contributed by atoms with van der Waals surface area (Å²) < 4.78 is 28.8. The predicted octanol–water partition coefficient (Wildman–Crippen LogP) is 3.53. The fourth-order valence-electron chi connectivity index (χ4n) is 1.87. The number of rotatable bonds is 5. The van der Waals surface area contributed by atoms with Crippen molar-refractivity contribution in [1.82, 2.24) is 9.97 Å². The molecule has 1 aromatic carbocycles. The van der Waals surface area contributed by atoms with Gasteiger partial charge in [-0.05, 0) is 39.0 Å². The normalized spacial score (nSPS) is 11.6. The molecule has 0 amide bonds. The van der Waals surface area contributed by atoms with E-state index < -0.39 is 6.61 Å². The Morgan fingerprint density at radius 2 is 1.86 bits per heavy atom. The van der Waals surface area contributed by atoms with Crippen molar-refractivity contribution in [1.29, 1.82) is 0 Å². The van der Waals surface area contributed by atoms with Gasteiger partial charge in [0, 0.05) is 17.0 Å². The molecule has 0 fully saturated rings. The SMILES string of the molecule is CC(=NNc1nc(C)cc(C)n1)c1cccc(OC(F)F)c1. The van der Waals surface area contributed by atoms with Crippen molar-refractivity contribution in [2.75, 3.05) is 5.43 Å². The van der Waals surface area contributed by atoms with Crippen molar-refractivity contribution < 1.29 is 13.5 Å². The zero-order valence-corrected chi connectivity index (χ0v) is 12.5. The Labute approximate surface area is 127 Å². The third kappa shape index (κ3) is 4.47. The second-order valence-electron chi connectivity index (χ2n) is 4.69. The summed E-state index contributed by atoms with van der Waals surface area (Å²) in [6.45, 7) is 2.62. The van der Waals surface area contributed by atoms with E-state index in [0.29, 0.717) is 17.2 Å². The first-order valence-corrected chi connectivity index (χ1v) is 6.62. The first-order valence-electron chi connectivity index (χ1n) is 6.62. The third-order valence-electron chi connectivity index (χ3n) is 2.78. The van der Waals surface area contributed by atoms with Crippen molar-refractivity contribution in [3.05, 3.63) is 47.3 Å². The quantitative estimate of drug-likeness (QED) is 0.678. The lowest BCUT2D eigenvalue weighted by Gasteiger charge is -2.07. The molecular formula is C15H16F2N4O. The first kappa shape index (κ1) is 15.8. The first-order chi connectivity index (χ1) is 10.4. The van der Waals surface area contributed by atoms with E-state index in [0.717, 1.165) is 11.4 Å². The molecule has 116 valence electrons. The van der Waals surface area contributed by atoms with Gasteiger partial charge in [-0.15, -0.1) is 0 Å². The molecule has 0 radical (unpaired) electrons. The van der Waals surface area contributed by atoms with Gasteiger partial charge in [0.2, 0.25) is 5.95 Å². The molecule has 0 unspecified atom stereocenters. The predicted molar refractivity (Wildman–Crippen MR) is 80.4 cm³/mol. The number of hydrazone groups is 1. The zero-order valence-electron chi connectivity index (χ0n) is 12.5. The lowest BCUT2D eigenvalue weighted by atomic mass is 10.1. The largest absolute Gasteiger partial charge is 0.435 e. The van der Waals surface area contributed by atoms with E-state index in [1.807, 2.05) is 19.9 Å². The molecule has 1 heterocycles. The van der Waals surface area contributed by atoms with Gasteiger partial charge in [0.1, 0.15) is 5.75 Å². The number of hydrogen-bond donors (Lipinski definition) is 1. The average molecular weight is 306 g/mol. The Bertz CT molecular complexity index is 669. The van der Waals surface area contributed by atoms with E-state index in [1.165, 1.54) is 12.1 Å². The van der Waals surface area contributed by atoms with Gasteiger partial charge in [-0.25, -0.2) is 15.4 Å². The molecule has 7 heteroatoms. The maximum Gasteiger partial charge on any atom is 0.387 e. The van der Waals surface area contributed by atoms with Gasteiger partial charge in [-0.3, -0.25) is 0 Å². The molecule has 5 nitrogen and oxygen atoms in total. The fourth-order valence-corrected chi connectivity index (χ4v) is 1.87. The van der Waals surface area contributed by atoms with Gasteiger partial charge in [-0.1, -0.05) is 12.1 Å². The van der Waals surface area contributed by atoms with Crippen molar-refractivity contribution in [3.63, 3.8) is 0 Å². The van der Waals surface area contributed by atoms with Gasteiger partial charge >= 0.3 is 6.61 Å². The van der Waals surface area contributed by atoms with Crippen LogP contribution in [0.3, 0.4) is 0 Å². The maximum absolute atomic E-state index is 12.2. The summed E-state index contributed by atoms with van der Waals surface area (Å²) in [7, 11) is 0. The number of hydrogen-bond acceptors (Lipinski definition) is 5. The van der Waals surface area contributed by atoms with Crippen molar-refractivity contribution in [3.8, 4) is 5.75 Å². The minimum absolute atomic E-state index is 0.0877. The number of nitrogens with one attached hydrogen (secondary N) is 1. The van der Waals surface area contributed by atoms with Crippen molar-refractivity contribution in [2.24, 2.45) is 5.10 Å².